The fourth-order valence-electron chi connectivity index (χ4n) is 3.43. The highest BCUT2D eigenvalue weighted by Crippen LogP contribution is 2.22. The lowest BCUT2D eigenvalue weighted by Crippen LogP contribution is -2.48. The number of benzene rings is 1. The zero-order valence-electron chi connectivity index (χ0n) is 17.5. The third-order valence-corrected chi connectivity index (χ3v) is 4.98. The number of hydrogen-bond donors (Lipinski definition) is 1. The van der Waals surface area contributed by atoms with E-state index in [1.54, 1.807) is 30.1 Å². The van der Waals surface area contributed by atoms with Crippen molar-refractivity contribution in [3.05, 3.63) is 60.0 Å². The Balaban J connectivity index is 0.00000272. The Bertz CT molecular complexity index is 1000. The fraction of sp³-hybridized carbons (Fsp3) is 0.381. The van der Waals surface area contributed by atoms with Gasteiger partial charge in [-0.25, -0.2) is 9.37 Å². The van der Waals surface area contributed by atoms with E-state index >= 15 is 0 Å². The van der Waals surface area contributed by atoms with Gasteiger partial charge >= 0.3 is 0 Å². The van der Waals surface area contributed by atoms with Crippen LogP contribution in [0, 0.1) is 5.82 Å². The van der Waals surface area contributed by atoms with Crippen LogP contribution in [0.5, 0.6) is 0 Å². The van der Waals surface area contributed by atoms with Crippen molar-refractivity contribution < 1.29 is 13.5 Å². The number of guanidine groups is 1. The van der Waals surface area contributed by atoms with Gasteiger partial charge < -0.3 is 19.4 Å². The van der Waals surface area contributed by atoms with E-state index < -0.39 is 0 Å². The van der Waals surface area contributed by atoms with Gasteiger partial charge in [-0.2, -0.15) is 5.10 Å². The summed E-state index contributed by atoms with van der Waals surface area (Å²) in [6.07, 6.45) is 6.11. The van der Waals surface area contributed by atoms with E-state index in [9.17, 15) is 4.39 Å². The molecule has 166 valence electrons. The number of morpholine rings is 1. The number of aromatic nitrogens is 3. The number of aliphatic imine (C=N–C) groups is 1. The molecule has 0 radical (unpaired) electrons. The monoisotopic (exact) mass is 540 g/mol. The molecule has 0 saturated carbocycles. The molecule has 1 saturated heterocycles. The van der Waals surface area contributed by atoms with Gasteiger partial charge in [0.15, 0.2) is 5.96 Å². The lowest BCUT2D eigenvalue weighted by molar-refractivity contribution is -0.00801. The van der Waals surface area contributed by atoms with Crippen LogP contribution < -0.4 is 5.32 Å². The molecule has 10 heteroatoms. The largest absolute Gasteiger partial charge is 0.444 e. The van der Waals surface area contributed by atoms with E-state index in [0.29, 0.717) is 32.0 Å². The lowest BCUT2D eigenvalue weighted by atomic mass is 10.1. The first kappa shape index (κ1) is 23.2. The molecule has 0 aliphatic carbocycles. The first-order valence-corrected chi connectivity index (χ1v) is 9.88. The molecule has 0 bridgehead atoms. The maximum atomic E-state index is 13.1. The summed E-state index contributed by atoms with van der Waals surface area (Å²) in [5.41, 5.74) is 2.64. The van der Waals surface area contributed by atoms with E-state index in [1.165, 1.54) is 12.1 Å². The number of ether oxygens (including phenoxy) is 1. The Morgan fingerprint density at radius 3 is 2.84 bits per heavy atom. The Kier molecular flexibility index (Phi) is 8.02. The maximum absolute atomic E-state index is 13.1. The molecular formula is C21H26FIN6O2. The topological polar surface area (TPSA) is 80.7 Å². The van der Waals surface area contributed by atoms with E-state index in [4.69, 9.17) is 9.15 Å². The van der Waals surface area contributed by atoms with E-state index in [0.717, 1.165) is 29.3 Å². The average molecular weight is 540 g/mol. The normalized spacial score (nSPS) is 16.8. The molecule has 8 nitrogen and oxygen atoms in total. The van der Waals surface area contributed by atoms with Gasteiger partial charge in [0, 0.05) is 50.9 Å². The molecule has 3 aromatic rings. The van der Waals surface area contributed by atoms with Crippen molar-refractivity contribution in [2.24, 2.45) is 12.0 Å². The smallest absolute Gasteiger partial charge is 0.226 e. The molecule has 1 unspecified atom stereocenters. The van der Waals surface area contributed by atoms with Gasteiger partial charge in [-0.3, -0.25) is 9.67 Å². The van der Waals surface area contributed by atoms with Crippen LogP contribution in [0.2, 0.25) is 0 Å². The van der Waals surface area contributed by atoms with Crippen LogP contribution >= 0.6 is 24.0 Å². The van der Waals surface area contributed by atoms with E-state index in [1.807, 2.05) is 19.4 Å². The number of nitrogens with zero attached hydrogens (tertiary/aromatic N) is 5. The van der Waals surface area contributed by atoms with Crippen LogP contribution in [0.3, 0.4) is 0 Å². The molecule has 3 heterocycles. The van der Waals surface area contributed by atoms with E-state index in [-0.39, 0.29) is 35.9 Å². The molecule has 0 amide bonds. The summed E-state index contributed by atoms with van der Waals surface area (Å²) < 4.78 is 26.3. The summed E-state index contributed by atoms with van der Waals surface area (Å²) >= 11 is 0. The van der Waals surface area contributed by atoms with Crippen molar-refractivity contribution in [2.45, 2.75) is 12.5 Å². The summed E-state index contributed by atoms with van der Waals surface area (Å²) in [6.45, 7) is 2.78. The standard InChI is InChI=1S/C21H25FN6O2.HI/c1-23-21(28-9-10-29-19(13-28)16-11-25-27(2)12-16)24-8-7-18-14-30-20(26-18)15-3-5-17(22)6-4-15;/h3-6,11-12,14,19H,7-10,13H2,1-2H3,(H,23,24);1H. The lowest BCUT2D eigenvalue weighted by Gasteiger charge is -2.34. The van der Waals surface area contributed by atoms with Crippen LogP contribution in [0.15, 0.2) is 52.3 Å². The van der Waals surface area contributed by atoms with Crippen LogP contribution in [-0.2, 0) is 18.2 Å². The number of aryl methyl sites for hydroxylation is 1. The van der Waals surface area contributed by atoms with Gasteiger partial charge in [-0.05, 0) is 24.3 Å². The van der Waals surface area contributed by atoms with Crippen molar-refractivity contribution >= 4 is 29.9 Å². The first-order valence-electron chi connectivity index (χ1n) is 9.88. The van der Waals surface area contributed by atoms with E-state index in [2.05, 4.69) is 25.3 Å². The fourth-order valence-corrected chi connectivity index (χ4v) is 3.43. The summed E-state index contributed by atoms with van der Waals surface area (Å²) in [5, 5.41) is 7.62. The number of rotatable bonds is 5. The van der Waals surface area contributed by atoms with Gasteiger partial charge in [0.1, 0.15) is 18.2 Å². The zero-order valence-corrected chi connectivity index (χ0v) is 19.8. The number of nitrogens with one attached hydrogen (secondary N) is 1. The third-order valence-electron chi connectivity index (χ3n) is 4.98. The van der Waals surface area contributed by atoms with Crippen LogP contribution in [0.1, 0.15) is 17.4 Å². The molecule has 1 atom stereocenters. The van der Waals surface area contributed by atoms with Crippen molar-refractivity contribution in [1.29, 1.82) is 0 Å². The van der Waals surface area contributed by atoms with Gasteiger partial charge in [-0.1, -0.05) is 0 Å². The minimum Gasteiger partial charge on any atom is -0.444 e. The van der Waals surface area contributed by atoms with Gasteiger partial charge in [0.25, 0.3) is 0 Å². The average Bonchev–Trinajstić information content (AvgIpc) is 3.41. The first-order chi connectivity index (χ1) is 14.6. The molecule has 0 spiro atoms. The molecule has 1 fully saturated rings. The van der Waals surface area contributed by atoms with Crippen molar-refractivity contribution in [1.82, 2.24) is 25.0 Å². The Morgan fingerprint density at radius 1 is 1.32 bits per heavy atom. The second kappa shape index (κ2) is 10.7. The number of halogens is 2. The number of oxazole rings is 1. The molecule has 1 aliphatic heterocycles. The van der Waals surface area contributed by atoms with Crippen LogP contribution in [-0.4, -0.2) is 58.9 Å². The molecule has 1 aliphatic rings. The molecule has 4 rings (SSSR count). The highest BCUT2D eigenvalue weighted by atomic mass is 127. The summed E-state index contributed by atoms with van der Waals surface area (Å²) in [7, 11) is 3.68. The molecular weight excluding hydrogens is 514 g/mol. The molecule has 2 aromatic heterocycles. The number of hydrogen-bond acceptors (Lipinski definition) is 5. The second-order valence-corrected chi connectivity index (χ2v) is 7.13. The van der Waals surface area contributed by atoms with Crippen LogP contribution in [0.25, 0.3) is 11.5 Å². The summed E-state index contributed by atoms with van der Waals surface area (Å²) in [4.78, 5) is 11.1. The minimum absolute atomic E-state index is 0. The predicted molar refractivity (Wildman–Crippen MR) is 126 cm³/mol. The van der Waals surface area contributed by atoms with Gasteiger partial charge in [-0.15, -0.1) is 24.0 Å². The van der Waals surface area contributed by atoms with Crippen molar-refractivity contribution in [3.8, 4) is 11.5 Å². The Morgan fingerprint density at radius 2 is 2.13 bits per heavy atom. The summed E-state index contributed by atoms with van der Waals surface area (Å²) in [5.74, 6) is 1.03. The molecule has 1 aromatic carbocycles. The van der Waals surface area contributed by atoms with Crippen molar-refractivity contribution in [2.75, 3.05) is 33.3 Å². The quantitative estimate of drug-likeness (QED) is 0.305. The minimum atomic E-state index is -0.282. The summed E-state index contributed by atoms with van der Waals surface area (Å²) in [6, 6.07) is 6.10. The predicted octanol–water partition coefficient (Wildman–Crippen LogP) is 3.02. The van der Waals surface area contributed by atoms with Crippen molar-refractivity contribution in [3.63, 3.8) is 0 Å². The Labute approximate surface area is 197 Å². The highest BCUT2D eigenvalue weighted by Gasteiger charge is 2.25. The van der Waals surface area contributed by atoms with Gasteiger partial charge in [0.2, 0.25) is 5.89 Å². The second-order valence-electron chi connectivity index (χ2n) is 7.13. The molecule has 1 N–H and O–H groups in total. The SMILES string of the molecule is CN=C(NCCc1coc(-c2ccc(F)cc2)n1)N1CCOC(c2cnn(C)c2)C1.I. The highest BCUT2D eigenvalue weighted by molar-refractivity contribution is 14.0. The molecule has 31 heavy (non-hydrogen) atoms. The zero-order chi connectivity index (χ0) is 20.9. The van der Waals surface area contributed by atoms with Gasteiger partial charge in [0.05, 0.1) is 25.0 Å². The third kappa shape index (κ3) is 5.82. The van der Waals surface area contributed by atoms with Crippen LogP contribution in [0.4, 0.5) is 4.39 Å². The Hall–Kier alpha value is -2.47. The maximum Gasteiger partial charge on any atom is 0.226 e.